The van der Waals surface area contributed by atoms with Gasteiger partial charge in [0.25, 0.3) is 0 Å². The van der Waals surface area contributed by atoms with Crippen LogP contribution >= 0.6 is 0 Å². The minimum absolute atomic E-state index is 0.190. The van der Waals surface area contributed by atoms with Crippen LogP contribution in [0.1, 0.15) is 19.3 Å². The van der Waals surface area contributed by atoms with E-state index in [4.69, 9.17) is 4.84 Å². The van der Waals surface area contributed by atoms with Crippen LogP contribution in [0.4, 0.5) is 5.69 Å². The number of hydrogen-bond acceptors (Lipinski definition) is 3. The van der Waals surface area contributed by atoms with Crippen LogP contribution in [-0.2, 0) is 9.63 Å². The summed E-state index contributed by atoms with van der Waals surface area (Å²) < 4.78 is 0. The van der Waals surface area contributed by atoms with Crippen LogP contribution in [0.2, 0.25) is 0 Å². The van der Waals surface area contributed by atoms with E-state index in [0.717, 1.165) is 31.5 Å². The van der Waals surface area contributed by atoms with Crippen molar-refractivity contribution in [3.05, 3.63) is 30.3 Å². The fraction of sp³-hybridized carbons (Fsp3) is 0.462. The fourth-order valence-corrected chi connectivity index (χ4v) is 1.96. The van der Waals surface area contributed by atoms with Crippen molar-refractivity contribution in [2.45, 2.75) is 19.3 Å². The molecule has 1 heterocycles. The molecule has 0 aliphatic carbocycles. The average molecular weight is 234 g/mol. The van der Waals surface area contributed by atoms with Crippen molar-refractivity contribution in [2.75, 3.05) is 18.6 Å². The van der Waals surface area contributed by atoms with Gasteiger partial charge in [-0.2, -0.15) is 0 Å². The number of nitrogens with one attached hydrogen (secondary N) is 2. The lowest BCUT2D eigenvalue weighted by Crippen LogP contribution is -2.19. The zero-order valence-corrected chi connectivity index (χ0v) is 9.82. The summed E-state index contributed by atoms with van der Waals surface area (Å²) in [5.74, 6) is 0.386. The Morgan fingerprint density at radius 2 is 2.18 bits per heavy atom. The SMILES string of the molecule is O=C1NCCC1CCCONc1ccccc1. The molecule has 1 fully saturated rings. The predicted molar refractivity (Wildman–Crippen MR) is 66.4 cm³/mol. The van der Waals surface area contributed by atoms with Gasteiger partial charge >= 0.3 is 0 Å². The van der Waals surface area contributed by atoms with E-state index in [9.17, 15) is 4.79 Å². The van der Waals surface area contributed by atoms with Crippen LogP contribution in [0.3, 0.4) is 0 Å². The maximum Gasteiger partial charge on any atom is 0.223 e. The quantitative estimate of drug-likeness (QED) is 0.584. The van der Waals surface area contributed by atoms with Gasteiger partial charge in [-0.3, -0.25) is 15.1 Å². The summed E-state index contributed by atoms with van der Waals surface area (Å²) in [5, 5.41) is 2.84. The van der Waals surface area contributed by atoms with Crippen LogP contribution in [0, 0.1) is 5.92 Å². The molecule has 0 radical (unpaired) electrons. The van der Waals surface area contributed by atoms with Gasteiger partial charge in [0.05, 0.1) is 12.3 Å². The van der Waals surface area contributed by atoms with Gasteiger partial charge in [0, 0.05) is 12.5 Å². The Bertz CT molecular complexity index is 354. The smallest absolute Gasteiger partial charge is 0.223 e. The molecule has 4 heteroatoms. The molecule has 4 nitrogen and oxygen atoms in total. The first kappa shape index (κ1) is 11.9. The lowest BCUT2D eigenvalue weighted by atomic mass is 10.0. The molecule has 1 aromatic rings. The Morgan fingerprint density at radius 3 is 2.88 bits per heavy atom. The molecular weight excluding hydrogens is 216 g/mol. The molecule has 0 spiro atoms. The molecule has 92 valence electrons. The Labute approximate surface area is 101 Å². The molecule has 0 saturated carbocycles. The fourth-order valence-electron chi connectivity index (χ4n) is 1.96. The van der Waals surface area contributed by atoms with E-state index in [1.807, 2.05) is 30.3 Å². The second kappa shape index (κ2) is 6.25. The van der Waals surface area contributed by atoms with E-state index >= 15 is 0 Å². The second-order valence-electron chi connectivity index (χ2n) is 4.24. The van der Waals surface area contributed by atoms with E-state index in [1.165, 1.54) is 0 Å². The molecule has 1 saturated heterocycles. The van der Waals surface area contributed by atoms with E-state index in [1.54, 1.807) is 0 Å². The van der Waals surface area contributed by atoms with Crippen molar-refractivity contribution in [2.24, 2.45) is 5.92 Å². The van der Waals surface area contributed by atoms with E-state index < -0.39 is 0 Å². The number of para-hydroxylation sites is 1. The third kappa shape index (κ3) is 3.75. The maximum atomic E-state index is 11.3. The largest absolute Gasteiger partial charge is 0.356 e. The van der Waals surface area contributed by atoms with Gasteiger partial charge in [0.1, 0.15) is 0 Å². The summed E-state index contributed by atoms with van der Waals surface area (Å²) in [5.41, 5.74) is 3.83. The van der Waals surface area contributed by atoms with Gasteiger partial charge in [-0.05, 0) is 31.4 Å². The highest BCUT2D eigenvalue weighted by Gasteiger charge is 2.22. The van der Waals surface area contributed by atoms with E-state index in [-0.39, 0.29) is 11.8 Å². The Balaban J connectivity index is 1.56. The predicted octanol–water partition coefficient (Wildman–Crippen LogP) is 1.95. The van der Waals surface area contributed by atoms with Crippen molar-refractivity contribution in [1.29, 1.82) is 0 Å². The highest BCUT2D eigenvalue weighted by atomic mass is 16.6. The molecule has 1 aliphatic heterocycles. The summed E-state index contributed by atoms with van der Waals surface area (Å²) >= 11 is 0. The molecule has 1 aliphatic rings. The van der Waals surface area contributed by atoms with Crippen molar-refractivity contribution in [1.82, 2.24) is 5.32 Å². The number of benzene rings is 1. The third-order valence-corrected chi connectivity index (χ3v) is 2.93. The summed E-state index contributed by atoms with van der Waals surface area (Å²) in [7, 11) is 0. The van der Waals surface area contributed by atoms with Crippen molar-refractivity contribution in [3.8, 4) is 0 Å². The molecular formula is C13H18N2O2. The summed E-state index contributed by atoms with van der Waals surface area (Å²) in [4.78, 5) is 16.6. The molecule has 0 aromatic heterocycles. The number of amides is 1. The van der Waals surface area contributed by atoms with Crippen molar-refractivity contribution >= 4 is 11.6 Å². The molecule has 1 atom stereocenters. The van der Waals surface area contributed by atoms with Crippen molar-refractivity contribution in [3.63, 3.8) is 0 Å². The highest BCUT2D eigenvalue weighted by molar-refractivity contribution is 5.80. The van der Waals surface area contributed by atoms with Crippen LogP contribution in [-0.4, -0.2) is 19.1 Å². The number of hydrogen-bond donors (Lipinski definition) is 2. The Hall–Kier alpha value is -1.55. The van der Waals surface area contributed by atoms with Crippen LogP contribution in [0.15, 0.2) is 30.3 Å². The molecule has 1 amide bonds. The first-order chi connectivity index (χ1) is 8.36. The monoisotopic (exact) mass is 234 g/mol. The molecule has 2 rings (SSSR count). The normalized spacial score (nSPS) is 19.1. The van der Waals surface area contributed by atoms with Crippen LogP contribution < -0.4 is 10.8 Å². The first-order valence-corrected chi connectivity index (χ1v) is 6.07. The van der Waals surface area contributed by atoms with E-state index in [2.05, 4.69) is 10.8 Å². The third-order valence-electron chi connectivity index (χ3n) is 2.93. The van der Waals surface area contributed by atoms with Gasteiger partial charge in [0.15, 0.2) is 0 Å². The van der Waals surface area contributed by atoms with Gasteiger partial charge in [-0.25, -0.2) is 0 Å². The summed E-state index contributed by atoms with van der Waals surface area (Å²) in [6.45, 7) is 1.45. The minimum Gasteiger partial charge on any atom is -0.356 e. The molecule has 17 heavy (non-hydrogen) atoms. The van der Waals surface area contributed by atoms with Crippen LogP contribution in [0.5, 0.6) is 0 Å². The van der Waals surface area contributed by atoms with Gasteiger partial charge in [-0.1, -0.05) is 18.2 Å². The summed E-state index contributed by atoms with van der Waals surface area (Å²) in [6, 6.07) is 9.77. The van der Waals surface area contributed by atoms with Gasteiger partial charge < -0.3 is 5.32 Å². The van der Waals surface area contributed by atoms with Gasteiger partial charge in [-0.15, -0.1) is 0 Å². The topological polar surface area (TPSA) is 50.4 Å². The second-order valence-corrected chi connectivity index (χ2v) is 4.24. The molecule has 0 bridgehead atoms. The zero-order chi connectivity index (χ0) is 11.9. The zero-order valence-electron chi connectivity index (χ0n) is 9.82. The van der Waals surface area contributed by atoms with E-state index in [0.29, 0.717) is 6.61 Å². The number of carbonyl (C=O) groups excluding carboxylic acids is 1. The lowest BCUT2D eigenvalue weighted by Gasteiger charge is -2.08. The Morgan fingerprint density at radius 1 is 1.35 bits per heavy atom. The van der Waals surface area contributed by atoms with Crippen molar-refractivity contribution < 1.29 is 9.63 Å². The first-order valence-electron chi connectivity index (χ1n) is 6.07. The van der Waals surface area contributed by atoms with Crippen LogP contribution in [0.25, 0.3) is 0 Å². The molecule has 1 unspecified atom stereocenters. The minimum atomic E-state index is 0.190. The summed E-state index contributed by atoms with van der Waals surface area (Å²) in [6.07, 6.45) is 2.77. The number of anilines is 1. The molecule has 2 N–H and O–H groups in total. The average Bonchev–Trinajstić information content (AvgIpc) is 2.76. The lowest BCUT2D eigenvalue weighted by molar-refractivity contribution is -0.122. The Kier molecular flexibility index (Phi) is 4.38. The van der Waals surface area contributed by atoms with Gasteiger partial charge in [0.2, 0.25) is 5.91 Å². The highest BCUT2D eigenvalue weighted by Crippen LogP contribution is 2.15. The number of carbonyl (C=O) groups is 1. The maximum absolute atomic E-state index is 11.3. The number of rotatable bonds is 6. The standard InChI is InChI=1S/C13H18N2O2/c16-13-11(8-9-14-13)5-4-10-17-15-12-6-2-1-3-7-12/h1-3,6-7,11,15H,4-5,8-10H2,(H,14,16). The molecule has 1 aromatic carbocycles.